The van der Waals surface area contributed by atoms with Crippen molar-refractivity contribution in [2.24, 2.45) is 0 Å². The van der Waals surface area contributed by atoms with E-state index in [1.165, 1.54) is 43.7 Å². The van der Waals surface area contributed by atoms with Crippen molar-refractivity contribution < 1.29 is 32.7 Å². The van der Waals surface area contributed by atoms with Crippen LogP contribution in [0.5, 0.6) is 11.5 Å². The van der Waals surface area contributed by atoms with Crippen molar-refractivity contribution in [3.8, 4) is 23.3 Å². The predicted octanol–water partition coefficient (Wildman–Crippen LogP) is 1.86. The largest absolute Gasteiger partial charge is 0.494 e. The summed E-state index contributed by atoms with van der Waals surface area (Å²) in [6.45, 7) is 4.14. The molecule has 0 aliphatic rings. The number of hydrogen-bond acceptors (Lipinski definition) is 7. The average Bonchev–Trinajstić information content (AvgIpc) is 2.85. The zero-order valence-corrected chi connectivity index (χ0v) is 20.6. The van der Waals surface area contributed by atoms with Gasteiger partial charge in [0.05, 0.1) is 11.5 Å². The summed E-state index contributed by atoms with van der Waals surface area (Å²) in [7, 11) is -2.86. The lowest BCUT2D eigenvalue weighted by molar-refractivity contribution is -0.133. The fourth-order valence-corrected chi connectivity index (χ4v) is 4.37. The topological polar surface area (TPSA) is 134 Å². The van der Waals surface area contributed by atoms with E-state index in [2.05, 4.69) is 17.2 Å². The van der Waals surface area contributed by atoms with Gasteiger partial charge in [-0.2, -0.15) is 4.31 Å². The number of rotatable bonds is 12. The number of benzene rings is 2. The Balaban J connectivity index is 2.16. The van der Waals surface area contributed by atoms with E-state index < -0.39 is 22.0 Å². The molecular weight excluding hydrogens is 474 g/mol. The number of carbonyl (C=O) groups excluding carboxylic acids is 2. The Bertz CT molecular complexity index is 1150. The van der Waals surface area contributed by atoms with Gasteiger partial charge in [-0.05, 0) is 55.3 Å². The maximum absolute atomic E-state index is 13.2. The Morgan fingerprint density at radius 1 is 1.06 bits per heavy atom. The van der Waals surface area contributed by atoms with E-state index in [4.69, 9.17) is 9.47 Å². The molecule has 0 bridgehead atoms. The van der Waals surface area contributed by atoms with Gasteiger partial charge in [-0.1, -0.05) is 18.1 Å². The van der Waals surface area contributed by atoms with Crippen LogP contribution in [0.1, 0.15) is 31.9 Å². The molecule has 0 saturated heterocycles. The molecule has 3 N–H and O–H groups in total. The highest BCUT2D eigenvalue weighted by molar-refractivity contribution is 7.89. The summed E-state index contributed by atoms with van der Waals surface area (Å²) in [4.78, 5) is 23.3. The zero-order valence-electron chi connectivity index (χ0n) is 19.8. The maximum atomic E-state index is 13.2. The molecule has 0 aliphatic heterocycles. The first kappa shape index (κ1) is 27.7. The van der Waals surface area contributed by atoms with Crippen molar-refractivity contribution in [1.29, 1.82) is 0 Å². The van der Waals surface area contributed by atoms with Gasteiger partial charge in [-0.3, -0.25) is 14.8 Å². The van der Waals surface area contributed by atoms with Gasteiger partial charge in [0.2, 0.25) is 15.9 Å². The summed E-state index contributed by atoms with van der Waals surface area (Å²) < 4.78 is 38.3. The standard InChI is InChI=1S/C24H29N3O7S/c1-4-5-16-33-21-11-13-22(14-12-21)35(31,32)27(3)23(24(29)26-30)19-7-9-20(10-8-19)34-17-6-15-25-18(2)28/h7-14,23,30H,6,15-17H2,1-3H3,(H,25,28)(H,26,29). The number of ether oxygens (including phenoxy) is 2. The highest BCUT2D eigenvalue weighted by atomic mass is 32.2. The molecule has 1 unspecified atom stereocenters. The van der Waals surface area contributed by atoms with Crippen LogP contribution in [-0.2, 0) is 19.6 Å². The van der Waals surface area contributed by atoms with Crippen molar-refractivity contribution in [2.45, 2.75) is 31.2 Å². The molecule has 11 heteroatoms. The first-order chi connectivity index (χ1) is 16.7. The minimum absolute atomic E-state index is 0.0520. The van der Waals surface area contributed by atoms with E-state index in [0.717, 1.165) is 4.31 Å². The SMILES string of the molecule is CC#CCOc1ccc(S(=O)(=O)N(C)C(C(=O)NO)c2ccc(OCCCNC(C)=O)cc2)cc1. The van der Waals surface area contributed by atoms with Crippen LogP contribution >= 0.6 is 0 Å². The average molecular weight is 504 g/mol. The second kappa shape index (κ2) is 13.3. The number of carbonyl (C=O) groups is 2. The normalized spacial score (nSPS) is 11.7. The summed E-state index contributed by atoms with van der Waals surface area (Å²) >= 11 is 0. The summed E-state index contributed by atoms with van der Waals surface area (Å²) in [5.74, 6) is 5.37. The van der Waals surface area contributed by atoms with Crippen LogP contribution in [0.4, 0.5) is 0 Å². The van der Waals surface area contributed by atoms with Crippen LogP contribution in [0.2, 0.25) is 0 Å². The number of sulfonamides is 1. The van der Waals surface area contributed by atoms with Gasteiger partial charge in [-0.25, -0.2) is 13.9 Å². The van der Waals surface area contributed by atoms with Crippen LogP contribution in [0, 0.1) is 11.8 Å². The molecule has 0 heterocycles. The number of hydroxylamine groups is 1. The molecule has 0 aliphatic carbocycles. The van der Waals surface area contributed by atoms with E-state index in [9.17, 15) is 23.2 Å². The van der Waals surface area contributed by atoms with E-state index >= 15 is 0 Å². The highest BCUT2D eigenvalue weighted by Gasteiger charge is 2.34. The molecule has 2 aromatic rings. The van der Waals surface area contributed by atoms with Crippen molar-refractivity contribution in [3.05, 3.63) is 54.1 Å². The van der Waals surface area contributed by atoms with Gasteiger partial charge < -0.3 is 14.8 Å². The van der Waals surface area contributed by atoms with Crippen molar-refractivity contribution in [2.75, 3.05) is 26.8 Å². The number of amides is 2. The third-order valence-electron chi connectivity index (χ3n) is 4.87. The lowest BCUT2D eigenvalue weighted by atomic mass is 10.1. The molecule has 0 saturated carbocycles. The Kier molecular flexibility index (Phi) is 10.5. The summed E-state index contributed by atoms with van der Waals surface area (Å²) in [5, 5.41) is 11.9. The van der Waals surface area contributed by atoms with Gasteiger partial charge in [0.25, 0.3) is 5.91 Å². The van der Waals surface area contributed by atoms with Gasteiger partial charge in [0, 0.05) is 20.5 Å². The molecule has 0 aromatic heterocycles. The Hall–Kier alpha value is -3.59. The van der Waals surface area contributed by atoms with E-state index in [-0.39, 0.29) is 17.4 Å². The number of nitrogens with one attached hydrogen (secondary N) is 2. The van der Waals surface area contributed by atoms with Crippen LogP contribution in [0.3, 0.4) is 0 Å². The quantitative estimate of drug-likeness (QED) is 0.174. The van der Waals surface area contributed by atoms with Crippen LogP contribution in [0.25, 0.3) is 0 Å². The molecule has 2 aromatic carbocycles. The molecule has 0 radical (unpaired) electrons. The van der Waals surface area contributed by atoms with Gasteiger partial charge in [0.15, 0.2) is 0 Å². The van der Waals surface area contributed by atoms with Crippen LogP contribution in [0.15, 0.2) is 53.4 Å². The zero-order chi connectivity index (χ0) is 25.8. The van der Waals surface area contributed by atoms with Gasteiger partial charge in [-0.15, -0.1) is 5.92 Å². The van der Waals surface area contributed by atoms with Crippen LogP contribution < -0.4 is 20.3 Å². The first-order valence-electron chi connectivity index (χ1n) is 10.7. The summed E-state index contributed by atoms with van der Waals surface area (Å²) in [5.41, 5.74) is 1.86. The molecular formula is C24H29N3O7S. The summed E-state index contributed by atoms with van der Waals surface area (Å²) in [6, 6.07) is 10.7. The minimum atomic E-state index is -4.11. The first-order valence-corrected chi connectivity index (χ1v) is 12.2. The third kappa shape index (κ3) is 7.99. The van der Waals surface area contributed by atoms with E-state index in [1.54, 1.807) is 31.2 Å². The highest BCUT2D eigenvalue weighted by Crippen LogP contribution is 2.28. The van der Waals surface area contributed by atoms with Crippen LogP contribution in [-0.4, -0.2) is 56.6 Å². The predicted molar refractivity (Wildman–Crippen MR) is 128 cm³/mol. The molecule has 188 valence electrons. The Morgan fingerprint density at radius 3 is 2.23 bits per heavy atom. The van der Waals surface area contributed by atoms with Crippen molar-refractivity contribution in [1.82, 2.24) is 15.1 Å². The molecule has 35 heavy (non-hydrogen) atoms. The fraction of sp³-hybridized carbons (Fsp3) is 0.333. The molecule has 1 atom stereocenters. The van der Waals surface area contributed by atoms with Gasteiger partial charge >= 0.3 is 0 Å². The number of hydrogen-bond donors (Lipinski definition) is 3. The number of nitrogens with zero attached hydrogens (tertiary/aromatic N) is 1. The second-order valence-corrected chi connectivity index (χ2v) is 9.34. The number of likely N-dealkylation sites (N-methyl/N-ethyl adjacent to an activating group) is 1. The molecule has 0 fully saturated rings. The van der Waals surface area contributed by atoms with Gasteiger partial charge in [0.1, 0.15) is 24.1 Å². The Labute approximate surface area is 205 Å². The summed E-state index contributed by atoms with van der Waals surface area (Å²) in [6.07, 6.45) is 0.605. The maximum Gasteiger partial charge on any atom is 0.266 e. The third-order valence-corrected chi connectivity index (χ3v) is 6.71. The molecule has 2 rings (SSSR count). The van der Waals surface area contributed by atoms with E-state index in [1.807, 2.05) is 0 Å². The van der Waals surface area contributed by atoms with Crippen molar-refractivity contribution in [3.63, 3.8) is 0 Å². The smallest absolute Gasteiger partial charge is 0.266 e. The second-order valence-electron chi connectivity index (χ2n) is 7.34. The van der Waals surface area contributed by atoms with E-state index in [0.29, 0.717) is 36.6 Å². The van der Waals surface area contributed by atoms with Crippen molar-refractivity contribution >= 4 is 21.8 Å². The fourth-order valence-electron chi connectivity index (χ4n) is 3.06. The Morgan fingerprint density at radius 2 is 1.66 bits per heavy atom. The monoisotopic (exact) mass is 503 g/mol. The lowest BCUT2D eigenvalue weighted by Gasteiger charge is -2.26. The molecule has 10 nitrogen and oxygen atoms in total. The molecule has 0 spiro atoms. The minimum Gasteiger partial charge on any atom is -0.494 e. The molecule has 2 amide bonds. The lowest BCUT2D eigenvalue weighted by Crippen LogP contribution is -2.40.